The summed E-state index contributed by atoms with van der Waals surface area (Å²) in [5, 5.41) is 14.1. The van der Waals surface area contributed by atoms with Gasteiger partial charge in [0.2, 0.25) is 0 Å². The number of Topliss-reactive ketones (excluding diaryl/α,β-unsaturated/α-hetero) is 1. The molecule has 85 valence electrons. The number of hydrogen-bond donors (Lipinski definition) is 1. The molecule has 3 rings (SSSR count). The zero-order valence-corrected chi connectivity index (χ0v) is 9.48. The highest BCUT2D eigenvalue weighted by Crippen LogP contribution is 2.47. The first-order valence-corrected chi connectivity index (χ1v) is 5.58. The summed E-state index contributed by atoms with van der Waals surface area (Å²) < 4.78 is 0. The normalized spacial score (nSPS) is 22.4. The van der Waals surface area contributed by atoms with E-state index in [1.165, 1.54) is 0 Å². The van der Waals surface area contributed by atoms with Crippen LogP contribution in [0.25, 0.3) is 0 Å². The fourth-order valence-corrected chi connectivity index (χ4v) is 2.08. The molecule has 1 aliphatic rings. The number of hydrogen-bond acceptors (Lipinski definition) is 4. The minimum Gasteiger partial charge on any atom is -0.294 e. The van der Waals surface area contributed by atoms with Gasteiger partial charge < -0.3 is 0 Å². The van der Waals surface area contributed by atoms with Crippen molar-refractivity contribution < 1.29 is 4.79 Å². The molecule has 0 amide bonds. The fraction of sp³-hybridized carbons (Fsp3) is 0.273. The van der Waals surface area contributed by atoms with E-state index >= 15 is 0 Å². The second-order valence-corrected chi connectivity index (χ2v) is 4.42. The van der Waals surface area contributed by atoms with Crippen molar-refractivity contribution in [2.45, 2.75) is 12.3 Å². The number of aromatic nitrogens is 4. The molecule has 0 aliphatic heterocycles. The minimum absolute atomic E-state index is 0.0499. The Bertz CT molecular complexity index is 554. The van der Waals surface area contributed by atoms with Crippen molar-refractivity contribution in [3.8, 4) is 0 Å². The van der Waals surface area contributed by atoms with E-state index in [2.05, 4.69) is 26.7 Å². The number of ketones is 1. The molecular weight excluding hydrogens is 240 g/mol. The van der Waals surface area contributed by atoms with E-state index in [1.807, 2.05) is 0 Å². The van der Waals surface area contributed by atoms with Crippen LogP contribution in [0.15, 0.2) is 18.2 Å². The Labute approximate surface area is 102 Å². The van der Waals surface area contributed by atoms with E-state index in [-0.39, 0.29) is 17.6 Å². The Morgan fingerprint density at radius 1 is 1.59 bits per heavy atom. The van der Waals surface area contributed by atoms with Gasteiger partial charge in [-0.2, -0.15) is 5.21 Å². The summed E-state index contributed by atoms with van der Waals surface area (Å²) in [5.74, 6) is 0.725. The van der Waals surface area contributed by atoms with Gasteiger partial charge in [-0.15, -0.1) is 10.2 Å². The summed E-state index contributed by atoms with van der Waals surface area (Å²) in [6.45, 7) is 0. The fourth-order valence-electron chi connectivity index (χ4n) is 1.90. The van der Waals surface area contributed by atoms with Gasteiger partial charge in [-0.05, 0) is 12.5 Å². The summed E-state index contributed by atoms with van der Waals surface area (Å²) in [7, 11) is 0. The monoisotopic (exact) mass is 247 g/mol. The lowest BCUT2D eigenvalue weighted by molar-refractivity contribution is 0.0965. The number of carbonyl (C=O) groups is 1. The molecule has 0 unspecified atom stereocenters. The van der Waals surface area contributed by atoms with E-state index in [4.69, 9.17) is 11.6 Å². The van der Waals surface area contributed by atoms with Gasteiger partial charge in [0.25, 0.3) is 0 Å². The van der Waals surface area contributed by atoms with Crippen LogP contribution in [0.5, 0.6) is 0 Å². The van der Waals surface area contributed by atoms with E-state index in [0.717, 1.165) is 6.42 Å². The highest BCUT2D eigenvalue weighted by Gasteiger charge is 2.46. The summed E-state index contributed by atoms with van der Waals surface area (Å²) >= 11 is 5.80. The number of nitrogens with zero attached hydrogens (tertiary/aromatic N) is 3. The Morgan fingerprint density at radius 3 is 3.18 bits per heavy atom. The first-order valence-electron chi connectivity index (χ1n) is 5.20. The number of benzene rings is 1. The molecule has 17 heavy (non-hydrogen) atoms. The van der Waals surface area contributed by atoms with Gasteiger partial charge in [-0.1, -0.05) is 28.9 Å². The number of rotatable bonds is 3. The van der Waals surface area contributed by atoms with Crippen molar-refractivity contribution in [1.29, 1.82) is 0 Å². The van der Waals surface area contributed by atoms with Crippen LogP contribution < -0.4 is 0 Å². The number of carbonyl (C=O) groups excluding carboxylic acids is 1. The van der Waals surface area contributed by atoms with E-state index in [9.17, 15) is 4.79 Å². The van der Waals surface area contributed by atoms with Crippen molar-refractivity contribution in [3.05, 3.63) is 40.7 Å². The quantitative estimate of drug-likeness (QED) is 0.837. The summed E-state index contributed by atoms with van der Waals surface area (Å²) in [6.07, 6.45) is 0.772. The maximum atomic E-state index is 12.1. The summed E-state index contributed by atoms with van der Waals surface area (Å²) in [4.78, 5) is 12.1. The lowest BCUT2D eigenvalue weighted by Crippen LogP contribution is -2.03. The summed E-state index contributed by atoms with van der Waals surface area (Å²) in [6, 6.07) is 7.81. The van der Waals surface area contributed by atoms with Gasteiger partial charge >= 0.3 is 0 Å². The number of aromatic amines is 1. The molecular formula is C11H8ClN4O. The molecule has 1 aliphatic carbocycles. The number of H-pyrrole nitrogens is 1. The third-order valence-electron chi connectivity index (χ3n) is 2.87. The molecule has 1 aromatic carbocycles. The molecule has 2 aromatic rings. The highest BCUT2D eigenvalue weighted by atomic mass is 35.5. The van der Waals surface area contributed by atoms with Crippen LogP contribution in [-0.2, 0) is 0 Å². The minimum atomic E-state index is -0.0499. The van der Waals surface area contributed by atoms with E-state index < -0.39 is 0 Å². The van der Waals surface area contributed by atoms with E-state index in [1.54, 1.807) is 18.2 Å². The van der Waals surface area contributed by atoms with Gasteiger partial charge in [0, 0.05) is 28.5 Å². The average molecular weight is 248 g/mol. The Balaban J connectivity index is 1.77. The SMILES string of the molecule is O=C(c1cc[c]c(Cl)c1)[C@H]1C[C@@H]1c1nn[nH]n1. The van der Waals surface area contributed by atoms with Gasteiger partial charge in [-0.25, -0.2) is 0 Å². The van der Waals surface area contributed by atoms with E-state index in [0.29, 0.717) is 16.4 Å². The number of halogens is 1. The Kier molecular flexibility index (Phi) is 2.40. The molecule has 1 radical (unpaired) electrons. The van der Waals surface area contributed by atoms with Gasteiger partial charge in [0.05, 0.1) is 0 Å². The van der Waals surface area contributed by atoms with Crippen LogP contribution in [0.1, 0.15) is 28.5 Å². The molecule has 2 atom stereocenters. The molecule has 6 heteroatoms. The standard InChI is InChI=1S/C11H8ClN4O/c12-7-3-1-2-6(4-7)10(17)8-5-9(8)11-13-15-16-14-11/h1-2,4,8-9H,5H2,(H,13,14,15,16)/t8-,9-/m0/s1. The second kappa shape index (κ2) is 3.92. The largest absolute Gasteiger partial charge is 0.294 e. The molecule has 1 N–H and O–H groups in total. The molecule has 1 heterocycles. The Morgan fingerprint density at radius 2 is 2.47 bits per heavy atom. The lowest BCUT2D eigenvalue weighted by Gasteiger charge is -1.99. The van der Waals surface area contributed by atoms with Crippen molar-refractivity contribution in [1.82, 2.24) is 20.6 Å². The third kappa shape index (κ3) is 1.93. The molecule has 0 spiro atoms. The Hall–Kier alpha value is -1.75. The highest BCUT2D eigenvalue weighted by molar-refractivity contribution is 6.30. The van der Waals surface area contributed by atoms with Gasteiger partial charge in [0.15, 0.2) is 11.6 Å². The second-order valence-electron chi connectivity index (χ2n) is 4.01. The van der Waals surface area contributed by atoms with Crippen molar-refractivity contribution in [2.75, 3.05) is 0 Å². The maximum Gasteiger partial charge on any atom is 0.178 e. The molecule has 0 bridgehead atoms. The van der Waals surface area contributed by atoms with Gasteiger partial charge in [-0.3, -0.25) is 4.79 Å². The molecule has 1 saturated carbocycles. The van der Waals surface area contributed by atoms with Crippen molar-refractivity contribution in [2.24, 2.45) is 5.92 Å². The van der Waals surface area contributed by atoms with Crippen LogP contribution in [0.4, 0.5) is 0 Å². The van der Waals surface area contributed by atoms with Crippen LogP contribution >= 0.6 is 11.6 Å². The summed E-state index contributed by atoms with van der Waals surface area (Å²) in [5.41, 5.74) is 0.616. The molecule has 1 fully saturated rings. The molecule has 1 aromatic heterocycles. The molecule has 0 saturated heterocycles. The lowest BCUT2D eigenvalue weighted by atomic mass is 10.1. The van der Waals surface area contributed by atoms with Crippen LogP contribution in [-0.4, -0.2) is 26.4 Å². The number of tetrazole rings is 1. The van der Waals surface area contributed by atoms with Crippen molar-refractivity contribution in [3.63, 3.8) is 0 Å². The third-order valence-corrected chi connectivity index (χ3v) is 3.09. The topological polar surface area (TPSA) is 71.5 Å². The predicted octanol–water partition coefficient (Wildman–Crippen LogP) is 1.64. The maximum absolute atomic E-state index is 12.1. The zero-order chi connectivity index (χ0) is 11.8. The smallest absolute Gasteiger partial charge is 0.178 e. The van der Waals surface area contributed by atoms with Gasteiger partial charge in [0.1, 0.15) is 0 Å². The number of nitrogens with one attached hydrogen (secondary N) is 1. The first-order chi connectivity index (χ1) is 8.25. The first kappa shape index (κ1) is 10.4. The zero-order valence-electron chi connectivity index (χ0n) is 8.72. The van der Waals surface area contributed by atoms with Crippen LogP contribution in [0, 0.1) is 12.0 Å². The molecule has 5 nitrogen and oxygen atoms in total. The van der Waals surface area contributed by atoms with Crippen LogP contribution in [0.2, 0.25) is 5.02 Å². The predicted molar refractivity (Wildman–Crippen MR) is 59.6 cm³/mol. The average Bonchev–Trinajstić information content (AvgIpc) is 2.94. The van der Waals surface area contributed by atoms with Crippen LogP contribution in [0.3, 0.4) is 0 Å². The van der Waals surface area contributed by atoms with Crippen molar-refractivity contribution >= 4 is 17.4 Å².